The summed E-state index contributed by atoms with van der Waals surface area (Å²) >= 11 is 0. The molecule has 2 aromatic heterocycles. The summed E-state index contributed by atoms with van der Waals surface area (Å²) in [5.74, 6) is 0. The molecule has 0 radical (unpaired) electrons. The lowest BCUT2D eigenvalue weighted by atomic mass is 10.1. The molecular weight excluding hydrogens is 166 g/mol. The SMILES string of the molecule is O=c1[nH]cncc1-c1cccnc1. The Balaban J connectivity index is 2.60. The van der Waals surface area contributed by atoms with Crippen LogP contribution in [0.15, 0.2) is 41.8 Å². The Morgan fingerprint density at radius 1 is 1.23 bits per heavy atom. The molecule has 0 unspecified atom stereocenters. The Labute approximate surface area is 74.3 Å². The number of nitrogens with one attached hydrogen (secondary N) is 1. The van der Waals surface area contributed by atoms with Gasteiger partial charge in [0.1, 0.15) is 0 Å². The molecule has 0 spiro atoms. The summed E-state index contributed by atoms with van der Waals surface area (Å²) in [4.78, 5) is 21.6. The summed E-state index contributed by atoms with van der Waals surface area (Å²) in [5.41, 5.74) is 1.16. The average Bonchev–Trinajstić information content (AvgIpc) is 2.20. The molecule has 0 aliphatic rings. The number of rotatable bonds is 1. The van der Waals surface area contributed by atoms with Crippen LogP contribution < -0.4 is 5.56 Å². The summed E-state index contributed by atoms with van der Waals surface area (Å²) < 4.78 is 0. The molecule has 13 heavy (non-hydrogen) atoms. The lowest BCUT2D eigenvalue weighted by Crippen LogP contribution is -2.08. The smallest absolute Gasteiger partial charge is 0.258 e. The molecule has 0 aliphatic carbocycles. The van der Waals surface area contributed by atoms with E-state index in [9.17, 15) is 4.79 Å². The quantitative estimate of drug-likeness (QED) is 0.694. The summed E-state index contributed by atoms with van der Waals surface area (Å²) in [5, 5.41) is 0. The van der Waals surface area contributed by atoms with E-state index in [-0.39, 0.29) is 5.56 Å². The summed E-state index contributed by atoms with van der Waals surface area (Å²) in [6.07, 6.45) is 6.18. The van der Waals surface area contributed by atoms with E-state index in [4.69, 9.17) is 0 Å². The van der Waals surface area contributed by atoms with Gasteiger partial charge in [0.15, 0.2) is 0 Å². The number of pyridine rings is 1. The molecule has 2 aromatic rings. The molecule has 0 saturated heterocycles. The first-order valence-electron chi connectivity index (χ1n) is 3.81. The maximum absolute atomic E-state index is 11.3. The molecule has 0 bridgehead atoms. The van der Waals surface area contributed by atoms with Gasteiger partial charge in [-0.1, -0.05) is 6.07 Å². The van der Waals surface area contributed by atoms with Crippen LogP contribution in [-0.2, 0) is 0 Å². The highest BCUT2D eigenvalue weighted by molar-refractivity contribution is 5.59. The Kier molecular flexibility index (Phi) is 1.88. The van der Waals surface area contributed by atoms with Gasteiger partial charge in [-0.3, -0.25) is 9.78 Å². The highest BCUT2D eigenvalue weighted by atomic mass is 16.1. The molecule has 4 heteroatoms. The van der Waals surface area contributed by atoms with Crippen LogP contribution in [0.1, 0.15) is 0 Å². The fraction of sp³-hybridized carbons (Fsp3) is 0. The topological polar surface area (TPSA) is 58.6 Å². The molecule has 0 aliphatic heterocycles. The van der Waals surface area contributed by atoms with E-state index in [0.717, 1.165) is 5.56 Å². The van der Waals surface area contributed by atoms with E-state index in [1.54, 1.807) is 18.5 Å². The van der Waals surface area contributed by atoms with Gasteiger partial charge in [-0.25, -0.2) is 4.98 Å². The lowest BCUT2D eigenvalue weighted by molar-refractivity contribution is 1.12. The molecular formula is C9H7N3O. The zero-order chi connectivity index (χ0) is 9.10. The highest BCUT2D eigenvalue weighted by Crippen LogP contribution is 2.10. The van der Waals surface area contributed by atoms with Crippen LogP contribution in [0.5, 0.6) is 0 Å². The van der Waals surface area contributed by atoms with Crippen molar-refractivity contribution >= 4 is 0 Å². The third-order valence-corrected chi connectivity index (χ3v) is 1.69. The maximum Gasteiger partial charge on any atom is 0.258 e. The first-order chi connectivity index (χ1) is 6.38. The van der Waals surface area contributed by atoms with Crippen LogP contribution >= 0.6 is 0 Å². The van der Waals surface area contributed by atoms with Gasteiger partial charge in [-0.15, -0.1) is 0 Å². The van der Waals surface area contributed by atoms with Crippen LogP contribution in [0.4, 0.5) is 0 Å². The second-order valence-corrected chi connectivity index (χ2v) is 2.54. The van der Waals surface area contributed by atoms with Crippen molar-refractivity contribution in [3.8, 4) is 11.1 Å². The van der Waals surface area contributed by atoms with Crippen molar-refractivity contribution in [3.05, 3.63) is 47.4 Å². The van der Waals surface area contributed by atoms with Crippen molar-refractivity contribution in [1.29, 1.82) is 0 Å². The molecule has 2 rings (SSSR count). The van der Waals surface area contributed by atoms with Crippen molar-refractivity contribution in [2.45, 2.75) is 0 Å². The van der Waals surface area contributed by atoms with Crippen LogP contribution in [-0.4, -0.2) is 15.0 Å². The van der Waals surface area contributed by atoms with Gasteiger partial charge in [0.2, 0.25) is 0 Å². The summed E-state index contributed by atoms with van der Waals surface area (Å²) in [6.45, 7) is 0. The van der Waals surface area contributed by atoms with Crippen LogP contribution in [0, 0.1) is 0 Å². The molecule has 0 aromatic carbocycles. The van der Waals surface area contributed by atoms with E-state index in [1.807, 2.05) is 6.07 Å². The molecule has 0 saturated carbocycles. The van der Waals surface area contributed by atoms with E-state index in [0.29, 0.717) is 5.56 Å². The lowest BCUT2D eigenvalue weighted by Gasteiger charge is -1.96. The third-order valence-electron chi connectivity index (χ3n) is 1.69. The highest BCUT2D eigenvalue weighted by Gasteiger charge is 2.00. The van der Waals surface area contributed by atoms with Gasteiger partial charge in [0.05, 0.1) is 11.9 Å². The van der Waals surface area contributed by atoms with Crippen molar-refractivity contribution in [2.24, 2.45) is 0 Å². The second kappa shape index (κ2) is 3.18. The predicted molar refractivity (Wildman–Crippen MR) is 48.1 cm³/mol. The number of hydrogen-bond acceptors (Lipinski definition) is 3. The molecule has 0 fully saturated rings. The maximum atomic E-state index is 11.3. The monoisotopic (exact) mass is 173 g/mol. The predicted octanol–water partition coefficient (Wildman–Crippen LogP) is 0.832. The van der Waals surface area contributed by atoms with Gasteiger partial charge in [0.25, 0.3) is 5.56 Å². The van der Waals surface area contributed by atoms with E-state index in [1.165, 1.54) is 12.5 Å². The molecule has 1 N–H and O–H groups in total. The minimum atomic E-state index is -0.150. The van der Waals surface area contributed by atoms with E-state index < -0.39 is 0 Å². The van der Waals surface area contributed by atoms with Crippen LogP contribution in [0.2, 0.25) is 0 Å². The van der Waals surface area contributed by atoms with Gasteiger partial charge in [-0.2, -0.15) is 0 Å². The van der Waals surface area contributed by atoms with Gasteiger partial charge < -0.3 is 4.98 Å². The van der Waals surface area contributed by atoms with E-state index >= 15 is 0 Å². The van der Waals surface area contributed by atoms with Crippen molar-refractivity contribution in [1.82, 2.24) is 15.0 Å². The number of aromatic amines is 1. The summed E-state index contributed by atoms with van der Waals surface area (Å²) in [7, 11) is 0. The van der Waals surface area contributed by atoms with Crippen LogP contribution in [0.3, 0.4) is 0 Å². The van der Waals surface area contributed by atoms with Gasteiger partial charge in [-0.05, 0) is 6.07 Å². The van der Waals surface area contributed by atoms with Gasteiger partial charge in [0, 0.05) is 24.2 Å². The Hall–Kier alpha value is -1.97. The Morgan fingerprint density at radius 2 is 2.15 bits per heavy atom. The van der Waals surface area contributed by atoms with Crippen molar-refractivity contribution in [2.75, 3.05) is 0 Å². The second-order valence-electron chi connectivity index (χ2n) is 2.54. The van der Waals surface area contributed by atoms with Crippen LogP contribution in [0.25, 0.3) is 11.1 Å². The average molecular weight is 173 g/mol. The molecule has 4 nitrogen and oxygen atoms in total. The van der Waals surface area contributed by atoms with Crippen molar-refractivity contribution in [3.63, 3.8) is 0 Å². The van der Waals surface area contributed by atoms with E-state index in [2.05, 4.69) is 15.0 Å². The number of H-pyrrole nitrogens is 1. The number of nitrogens with zero attached hydrogens (tertiary/aromatic N) is 2. The standard InChI is InChI=1S/C9H7N3O/c13-9-8(5-11-6-12-9)7-2-1-3-10-4-7/h1-6H,(H,11,12,13). The van der Waals surface area contributed by atoms with Gasteiger partial charge >= 0.3 is 0 Å². The molecule has 0 amide bonds. The minimum absolute atomic E-state index is 0.150. The summed E-state index contributed by atoms with van der Waals surface area (Å²) in [6, 6.07) is 3.60. The molecule has 64 valence electrons. The first kappa shape index (κ1) is 7.67. The fourth-order valence-electron chi connectivity index (χ4n) is 1.07. The Bertz CT molecular complexity index is 450. The zero-order valence-electron chi connectivity index (χ0n) is 6.77. The zero-order valence-corrected chi connectivity index (χ0v) is 6.77. The number of hydrogen-bond donors (Lipinski definition) is 1. The number of aromatic nitrogens is 3. The Morgan fingerprint density at radius 3 is 2.85 bits per heavy atom. The molecule has 0 atom stereocenters. The van der Waals surface area contributed by atoms with Crippen molar-refractivity contribution < 1.29 is 0 Å². The first-order valence-corrected chi connectivity index (χ1v) is 3.81. The largest absolute Gasteiger partial charge is 0.313 e. The fourth-order valence-corrected chi connectivity index (χ4v) is 1.07. The third kappa shape index (κ3) is 1.46. The normalized spacial score (nSPS) is 9.85. The minimum Gasteiger partial charge on any atom is -0.313 e. The molecule has 2 heterocycles.